The number of anilines is 1. The van der Waals surface area contributed by atoms with Crippen molar-refractivity contribution in [1.29, 1.82) is 0 Å². The highest BCUT2D eigenvalue weighted by Gasteiger charge is 2.23. The molecule has 0 aromatic heterocycles. The Labute approximate surface area is 147 Å². The number of hydrogen-bond donors (Lipinski definition) is 5. The zero-order valence-corrected chi connectivity index (χ0v) is 13.6. The highest BCUT2D eigenvalue weighted by atomic mass is 16.6. The molecular formula is C14H19N5O7. The van der Waals surface area contributed by atoms with Crippen molar-refractivity contribution in [2.75, 3.05) is 11.9 Å². The molecule has 0 saturated carbocycles. The number of primary amides is 2. The second-order valence-corrected chi connectivity index (χ2v) is 5.11. The topological polar surface area (TPSA) is 200 Å². The first-order valence-electron chi connectivity index (χ1n) is 7.43. The van der Waals surface area contributed by atoms with Gasteiger partial charge in [-0.15, -0.1) is 0 Å². The summed E-state index contributed by atoms with van der Waals surface area (Å²) in [6.07, 6.45) is -2.14. The third kappa shape index (κ3) is 6.60. The van der Waals surface area contributed by atoms with Gasteiger partial charge < -0.3 is 31.9 Å². The first kappa shape index (κ1) is 20.6. The summed E-state index contributed by atoms with van der Waals surface area (Å²) in [6, 6.07) is 2.97. The molecule has 0 heterocycles. The van der Waals surface area contributed by atoms with Crippen molar-refractivity contribution in [3.8, 4) is 0 Å². The van der Waals surface area contributed by atoms with Crippen molar-refractivity contribution < 1.29 is 29.2 Å². The van der Waals surface area contributed by atoms with E-state index in [0.717, 1.165) is 6.07 Å². The van der Waals surface area contributed by atoms with Gasteiger partial charge in [-0.25, -0.2) is 9.59 Å². The van der Waals surface area contributed by atoms with Gasteiger partial charge >= 0.3 is 12.1 Å². The molecule has 1 atom stereocenters. The molecule has 12 nitrogen and oxygen atoms in total. The van der Waals surface area contributed by atoms with E-state index in [1.54, 1.807) is 0 Å². The number of nitrogens with zero attached hydrogens (tertiary/aromatic N) is 1. The smallest absolute Gasteiger partial charge is 0.405 e. The van der Waals surface area contributed by atoms with Gasteiger partial charge in [-0.3, -0.25) is 14.9 Å². The number of nitro benzene ring substituents is 1. The Kier molecular flexibility index (Phi) is 7.76. The zero-order valence-electron chi connectivity index (χ0n) is 13.6. The molecule has 142 valence electrons. The van der Waals surface area contributed by atoms with Crippen molar-refractivity contribution in [3.05, 3.63) is 33.9 Å². The van der Waals surface area contributed by atoms with Crippen LogP contribution >= 0.6 is 0 Å². The third-order valence-corrected chi connectivity index (χ3v) is 3.21. The number of urea groups is 1. The minimum atomic E-state index is -1.27. The van der Waals surface area contributed by atoms with Gasteiger partial charge in [-0.05, 0) is 25.0 Å². The number of carbonyl (C=O) groups excluding carboxylic acids is 3. The van der Waals surface area contributed by atoms with Crippen LogP contribution in [0.3, 0.4) is 0 Å². The number of nitrogens with one attached hydrogen (secondary N) is 2. The third-order valence-electron chi connectivity index (χ3n) is 3.21. The Hall–Kier alpha value is -3.41. The SMILES string of the molecule is NC(=O)NCCC[C@H](OC(N)=O)C(=O)Nc1ccc(CO)c([N+](=O)[O-])c1. The number of carbonyl (C=O) groups is 3. The number of rotatable bonds is 9. The second kappa shape index (κ2) is 9.78. The Bertz CT molecular complexity index is 694. The van der Waals surface area contributed by atoms with Crippen molar-refractivity contribution in [2.24, 2.45) is 11.5 Å². The van der Waals surface area contributed by atoms with E-state index in [9.17, 15) is 24.5 Å². The standard InChI is InChI=1S/C14H19N5O7/c15-13(22)17-5-1-2-11(26-14(16)23)12(21)18-9-4-3-8(7-20)10(6-9)19(24)25/h3-4,6,11,20H,1-2,5,7H2,(H2,16,23)(H,18,21)(H3,15,17,22)/t11-/m0/s1. The maximum atomic E-state index is 12.2. The lowest BCUT2D eigenvalue weighted by Crippen LogP contribution is -2.36. The van der Waals surface area contributed by atoms with Crippen LogP contribution < -0.4 is 22.1 Å². The summed E-state index contributed by atoms with van der Waals surface area (Å²) < 4.78 is 4.72. The number of hydrogen-bond acceptors (Lipinski definition) is 7. The molecule has 1 aromatic carbocycles. The van der Waals surface area contributed by atoms with Gasteiger partial charge in [0.25, 0.3) is 11.6 Å². The van der Waals surface area contributed by atoms with Gasteiger partial charge in [0.05, 0.1) is 17.1 Å². The summed E-state index contributed by atoms with van der Waals surface area (Å²) in [7, 11) is 0. The molecule has 0 fully saturated rings. The average Bonchev–Trinajstić information content (AvgIpc) is 2.56. The van der Waals surface area contributed by atoms with Crippen LogP contribution in [0.25, 0.3) is 0 Å². The summed E-state index contributed by atoms with van der Waals surface area (Å²) in [4.78, 5) is 44.1. The maximum absolute atomic E-state index is 12.2. The molecule has 4 amide bonds. The molecular weight excluding hydrogens is 350 g/mol. The van der Waals surface area contributed by atoms with Crippen molar-refractivity contribution >= 4 is 29.4 Å². The molecule has 12 heteroatoms. The Morgan fingerprint density at radius 1 is 1.31 bits per heavy atom. The van der Waals surface area contributed by atoms with Crippen LogP contribution in [0.4, 0.5) is 21.0 Å². The highest BCUT2D eigenvalue weighted by Crippen LogP contribution is 2.23. The lowest BCUT2D eigenvalue weighted by atomic mass is 10.1. The molecule has 26 heavy (non-hydrogen) atoms. The van der Waals surface area contributed by atoms with Crippen LogP contribution in [0.5, 0.6) is 0 Å². The minimum Gasteiger partial charge on any atom is -0.436 e. The van der Waals surface area contributed by atoms with Crippen LogP contribution in [0.15, 0.2) is 18.2 Å². The molecule has 0 aliphatic rings. The number of benzene rings is 1. The van der Waals surface area contributed by atoms with Crippen LogP contribution in [0.2, 0.25) is 0 Å². The second-order valence-electron chi connectivity index (χ2n) is 5.11. The fourth-order valence-corrected chi connectivity index (χ4v) is 2.05. The normalized spacial score (nSPS) is 11.3. The van der Waals surface area contributed by atoms with Crippen LogP contribution in [-0.2, 0) is 16.1 Å². The molecule has 1 rings (SSSR count). The van der Waals surface area contributed by atoms with Crippen molar-refractivity contribution in [2.45, 2.75) is 25.6 Å². The molecule has 0 unspecified atom stereocenters. The van der Waals surface area contributed by atoms with E-state index >= 15 is 0 Å². The predicted octanol–water partition coefficient (Wildman–Crippen LogP) is -0.0620. The van der Waals surface area contributed by atoms with E-state index in [-0.39, 0.29) is 36.3 Å². The van der Waals surface area contributed by atoms with E-state index in [4.69, 9.17) is 21.3 Å². The fraction of sp³-hybridized carbons (Fsp3) is 0.357. The van der Waals surface area contributed by atoms with E-state index in [2.05, 4.69) is 10.6 Å². The van der Waals surface area contributed by atoms with Gasteiger partial charge in [0.15, 0.2) is 6.10 Å². The average molecular weight is 369 g/mol. The van der Waals surface area contributed by atoms with Gasteiger partial charge in [-0.2, -0.15) is 0 Å². The number of amides is 4. The highest BCUT2D eigenvalue weighted by molar-refractivity contribution is 5.95. The van der Waals surface area contributed by atoms with Crippen LogP contribution in [-0.4, -0.2) is 40.7 Å². The summed E-state index contributed by atoms with van der Waals surface area (Å²) in [5, 5.41) is 24.7. The van der Waals surface area contributed by atoms with Gasteiger partial charge in [0.1, 0.15) is 0 Å². The molecule has 7 N–H and O–H groups in total. The minimum absolute atomic E-state index is 0.0336. The molecule has 0 radical (unpaired) electrons. The number of aliphatic hydroxyl groups is 1. The lowest BCUT2D eigenvalue weighted by molar-refractivity contribution is -0.385. The number of nitro groups is 1. The monoisotopic (exact) mass is 369 g/mol. The number of nitrogens with two attached hydrogens (primary N) is 2. The first-order valence-corrected chi connectivity index (χ1v) is 7.43. The molecule has 0 aliphatic carbocycles. The molecule has 1 aromatic rings. The van der Waals surface area contributed by atoms with E-state index < -0.39 is 35.7 Å². The van der Waals surface area contributed by atoms with Gasteiger partial charge in [0.2, 0.25) is 0 Å². The van der Waals surface area contributed by atoms with E-state index in [1.165, 1.54) is 12.1 Å². The van der Waals surface area contributed by atoms with Crippen LogP contribution in [0.1, 0.15) is 18.4 Å². The maximum Gasteiger partial charge on any atom is 0.405 e. The predicted molar refractivity (Wildman–Crippen MR) is 88.9 cm³/mol. The first-order chi connectivity index (χ1) is 12.2. The summed E-state index contributed by atoms with van der Waals surface area (Å²) in [5.41, 5.74) is 9.62. The largest absolute Gasteiger partial charge is 0.436 e. The zero-order chi connectivity index (χ0) is 19.7. The molecule has 0 spiro atoms. The molecule has 0 aliphatic heterocycles. The van der Waals surface area contributed by atoms with Gasteiger partial charge in [0, 0.05) is 18.3 Å². The Morgan fingerprint density at radius 3 is 2.54 bits per heavy atom. The number of ether oxygens (including phenoxy) is 1. The Balaban J connectivity index is 2.81. The summed E-state index contributed by atoms with van der Waals surface area (Å²) in [5.74, 6) is -0.756. The molecule has 0 saturated heterocycles. The summed E-state index contributed by atoms with van der Waals surface area (Å²) in [6.45, 7) is -0.386. The van der Waals surface area contributed by atoms with E-state index in [0.29, 0.717) is 0 Å². The number of aliphatic hydroxyl groups excluding tert-OH is 1. The summed E-state index contributed by atoms with van der Waals surface area (Å²) >= 11 is 0. The fourth-order valence-electron chi connectivity index (χ4n) is 2.05. The lowest BCUT2D eigenvalue weighted by Gasteiger charge is -2.16. The van der Waals surface area contributed by atoms with Gasteiger partial charge in [-0.1, -0.05) is 0 Å². The van der Waals surface area contributed by atoms with Crippen LogP contribution in [0, 0.1) is 10.1 Å². The quantitative estimate of drug-likeness (QED) is 0.228. The van der Waals surface area contributed by atoms with E-state index in [1.807, 2.05) is 0 Å². The van der Waals surface area contributed by atoms with Crippen molar-refractivity contribution in [3.63, 3.8) is 0 Å². The molecule has 0 bridgehead atoms. The van der Waals surface area contributed by atoms with Crippen molar-refractivity contribution in [1.82, 2.24) is 5.32 Å². The Morgan fingerprint density at radius 2 is 2.00 bits per heavy atom.